The lowest BCUT2D eigenvalue weighted by Gasteiger charge is -2.11. The minimum atomic E-state index is -0.0616. The summed E-state index contributed by atoms with van der Waals surface area (Å²) in [6.45, 7) is 6.00. The third-order valence-electron chi connectivity index (χ3n) is 3.58. The largest absolute Gasteiger partial charge is 0.309 e. The molecule has 22 heavy (non-hydrogen) atoms. The van der Waals surface area contributed by atoms with Crippen LogP contribution < -0.4 is 5.56 Å². The highest BCUT2D eigenvalue weighted by molar-refractivity contribution is 7.99. The fourth-order valence-electron chi connectivity index (χ4n) is 2.25. The average Bonchev–Trinajstić information content (AvgIpc) is 2.76. The average molecular weight is 351 g/mol. The number of thiophene rings is 1. The first-order chi connectivity index (χ1) is 10.5. The van der Waals surface area contributed by atoms with Crippen LogP contribution in [-0.4, -0.2) is 9.97 Å². The minimum Gasteiger partial charge on any atom is -0.309 e. The topological polar surface area (TPSA) is 45.8 Å². The van der Waals surface area contributed by atoms with Crippen LogP contribution in [0.15, 0.2) is 34.0 Å². The molecule has 2 aromatic heterocycles. The highest BCUT2D eigenvalue weighted by Crippen LogP contribution is 2.37. The quantitative estimate of drug-likeness (QED) is 0.668. The summed E-state index contributed by atoms with van der Waals surface area (Å²) in [6.07, 6.45) is 0. The van der Waals surface area contributed by atoms with Crippen LogP contribution in [0.5, 0.6) is 0 Å². The summed E-state index contributed by atoms with van der Waals surface area (Å²) in [5.41, 5.74) is 0.958. The molecule has 3 aromatic rings. The molecule has 0 amide bonds. The highest BCUT2D eigenvalue weighted by atomic mass is 35.5. The van der Waals surface area contributed by atoms with Crippen molar-refractivity contribution in [1.29, 1.82) is 0 Å². The van der Waals surface area contributed by atoms with E-state index in [1.54, 1.807) is 23.1 Å². The van der Waals surface area contributed by atoms with E-state index in [1.807, 2.05) is 45.0 Å². The van der Waals surface area contributed by atoms with Crippen LogP contribution in [-0.2, 0) is 0 Å². The van der Waals surface area contributed by atoms with Crippen molar-refractivity contribution in [2.24, 2.45) is 0 Å². The molecule has 1 unspecified atom stereocenters. The molecule has 3 rings (SSSR count). The van der Waals surface area contributed by atoms with E-state index >= 15 is 0 Å². The second-order valence-electron chi connectivity index (χ2n) is 5.11. The molecule has 0 fully saturated rings. The number of rotatable bonds is 3. The molecule has 0 bridgehead atoms. The van der Waals surface area contributed by atoms with E-state index in [9.17, 15) is 4.79 Å². The molecular formula is C16H15ClN2OS2. The maximum Gasteiger partial charge on any atom is 0.259 e. The van der Waals surface area contributed by atoms with Crippen molar-refractivity contribution in [1.82, 2.24) is 9.97 Å². The van der Waals surface area contributed by atoms with Gasteiger partial charge in [-0.05, 0) is 38.5 Å². The zero-order valence-corrected chi connectivity index (χ0v) is 14.8. The van der Waals surface area contributed by atoms with Crippen molar-refractivity contribution in [3.8, 4) is 0 Å². The molecule has 2 heterocycles. The molecule has 3 nitrogen and oxygen atoms in total. The van der Waals surface area contributed by atoms with E-state index in [0.717, 1.165) is 20.2 Å². The lowest BCUT2D eigenvalue weighted by Crippen LogP contribution is -2.12. The molecule has 114 valence electrons. The number of H-pyrrole nitrogens is 1. The lowest BCUT2D eigenvalue weighted by molar-refractivity contribution is 0.925. The smallest absolute Gasteiger partial charge is 0.259 e. The van der Waals surface area contributed by atoms with Crippen molar-refractivity contribution >= 4 is 44.9 Å². The number of halogens is 1. The molecule has 1 N–H and O–H groups in total. The van der Waals surface area contributed by atoms with Gasteiger partial charge < -0.3 is 4.98 Å². The third kappa shape index (κ3) is 2.81. The van der Waals surface area contributed by atoms with Crippen LogP contribution >= 0.6 is 34.7 Å². The number of aromatic nitrogens is 2. The van der Waals surface area contributed by atoms with Gasteiger partial charge in [-0.1, -0.05) is 23.7 Å². The summed E-state index contributed by atoms with van der Waals surface area (Å²) in [7, 11) is 0. The van der Waals surface area contributed by atoms with Gasteiger partial charge in [-0.2, -0.15) is 0 Å². The third-order valence-corrected chi connectivity index (χ3v) is 6.31. The number of nitrogens with zero attached hydrogens (tertiary/aromatic N) is 1. The fourth-order valence-corrected chi connectivity index (χ4v) is 4.50. The standard InChI is InChI=1S/C16H15ClN2OS2/c1-8-9(2)22-16-13(8)15(20)18-14(19-16)10(3)21-12-7-5-4-6-11(12)17/h4-7,10H,1-3H3,(H,18,19,20). The molecule has 1 atom stereocenters. The summed E-state index contributed by atoms with van der Waals surface area (Å²) in [5.74, 6) is 0.684. The van der Waals surface area contributed by atoms with Crippen molar-refractivity contribution in [3.63, 3.8) is 0 Å². The van der Waals surface area contributed by atoms with Crippen LogP contribution in [0, 0.1) is 13.8 Å². The monoisotopic (exact) mass is 350 g/mol. The Morgan fingerprint density at radius 2 is 2.05 bits per heavy atom. The van der Waals surface area contributed by atoms with Gasteiger partial charge >= 0.3 is 0 Å². The Bertz CT molecular complexity index is 901. The Morgan fingerprint density at radius 3 is 2.77 bits per heavy atom. The van der Waals surface area contributed by atoms with Crippen molar-refractivity contribution in [3.05, 3.63) is 55.9 Å². The van der Waals surface area contributed by atoms with Gasteiger partial charge in [0.2, 0.25) is 0 Å². The van der Waals surface area contributed by atoms with E-state index in [1.165, 1.54) is 0 Å². The molecule has 0 spiro atoms. The fraction of sp³-hybridized carbons (Fsp3) is 0.250. The zero-order chi connectivity index (χ0) is 15.9. The Labute approximate surface area is 141 Å². The Kier molecular flexibility index (Phi) is 4.30. The zero-order valence-electron chi connectivity index (χ0n) is 12.4. The number of thioether (sulfide) groups is 1. The predicted molar refractivity (Wildman–Crippen MR) is 95.4 cm³/mol. The van der Waals surface area contributed by atoms with Gasteiger partial charge in [0.15, 0.2) is 0 Å². The first kappa shape index (κ1) is 15.6. The maximum atomic E-state index is 12.3. The van der Waals surface area contributed by atoms with E-state index in [4.69, 9.17) is 11.6 Å². The number of aryl methyl sites for hydroxylation is 2. The van der Waals surface area contributed by atoms with E-state index < -0.39 is 0 Å². The van der Waals surface area contributed by atoms with Crippen LogP contribution in [0.4, 0.5) is 0 Å². The molecule has 0 saturated heterocycles. The van der Waals surface area contributed by atoms with Crippen LogP contribution in [0.2, 0.25) is 5.02 Å². The van der Waals surface area contributed by atoms with Gasteiger partial charge in [0.1, 0.15) is 10.7 Å². The first-order valence-electron chi connectivity index (χ1n) is 6.88. The van der Waals surface area contributed by atoms with Gasteiger partial charge in [-0.3, -0.25) is 4.79 Å². The molecule has 0 aliphatic carbocycles. The number of benzene rings is 1. The molecule has 1 aromatic carbocycles. The lowest BCUT2D eigenvalue weighted by atomic mass is 10.2. The number of fused-ring (bicyclic) bond motifs is 1. The summed E-state index contributed by atoms with van der Waals surface area (Å²) in [4.78, 5) is 22.8. The number of aromatic amines is 1. The normalized spacial score (nSPS) is 12.7. The Balaban J connectivity index is 2.00. The van der Waals surface area contributed by atoms with Crippen LogP contribution in [0.1, 0.15) is 28.4 Å². The molecule has 6 heteroatoms. The summed E-state index contributed by atoms with van der Waals surface area (Å²) in [5, 5.41) is 1.44. The number of hydrogen-bond acceptors (Lipinski definition) is 4. The van der Waals surface area contributed by atoms with Crippen LogP contribution in [0.3, 0.4) is 0 Å². The Morgan fingerprint density at radius 1 is 1.32 bits per heavy atom. The maximum absolute atomic E-state index is 12.3. The van der Waals surface area contributed by atoms with Crippen molar-refractivity contribution in [2.45, 2.75) is 30.9 Å². The SMILES string of the molecule is Cc1sc2nc(C(C)Sc3ccccc3Cl)[nH]c(=O)c2c1C. The number of nitrogens with one attached hydrogen (secondary N) is 1. The molecular weight excluding hydrogens is 336 g/mol. The van der Waals surface area contributed by atoms with Crippen LogP contribution in [0.25, 0.3) is 10.2 Å². The van der Waals surface area contributed by atoms with Crippen molar-refractivity contribution in [2.75, 3.05) is 0 Å². The summed E-state index contributed by atoms with van der Waals surface area (Å²) < 4.78 is 0. The number of hydrogen-bond donors (Lipinski definition) is 1. The van der Waals surface area contributed by atoms with Gasteiger partial charge in [0.25, 0.3) is 5.56 Å². The van der Waals surface area contributed by atoms with Gasteiger partial charge in [0.05, 0.1) is 15.7 Å². The second-order valence-corrected chi connectivity index (χ2v) is 8.10. The first-order valence-corrected chi connectivity index (χ1v) is 8.96. The Hall–Kier alpha value is -1.30. The molecule has 0 saturated carbocycles. The van der Waals surface area contributed by atoms with Crippen molar-refractivity contribution < 1.29 is 0 Å². The van der Waals surface area contributed by atoms with Gasteiger partial charge in [-0.15, -0.1) is 23.1 Å². The van der Waals surface area contributed by atoms with E-state index in [0.29, 0.717) is 16.2 Å². The predicted octanol–water partition coefficient (Wildman–Crippen LogP) is 5.11. The molecule has 0 radical (unpaired) electrons. The molecule has 0 aliphatic heterocycles. The van der Waals surface area contributed by atoms with Gasteiger partial charge in [-0.25, -0.2) is 4.98 Å². The van der Waals surface area contributed by atoms with E-state index in [-0.39, 0.29) is 10.8 Å². The minimum absolute atomic E-state index is 0.0136. The molecule has 0 aliphatic rings. The summed E-state index contributed by atoms with van der Waals surface area (Å²) in [6, 6.07) is 7.69. The highest BCUT2D eigenvalue weighted by Gasteiger charge is 2.16. The second kappa shape index (κ2) is 6.07. The van der Waals surface area contributed by atoms with Gasteiger partial charge in [0, 0.05) is 9.77 Å². The summed E-state index contributed by atoms with van der Waals surface area (Å²) >= 11 is 9.35. The van der Waals surface area contributed by atoms with E-state index in [2.05, 4.69) is 9.97 Å².